The number of aryl methyl sites for hydroxylation is 2. The van der Waals surface area contributed by atoms with Crippen LogP contribution in [0, 0.1) is 13.8 Å². The molecule has 1 saturated heterocycles. The number of carbonyl (C=O) groups is 1. The fraction of sp³-hybridized carbons (Fsp3) is 0.533. The van der Waals surface area contributed by atoms with E-state index >= 15 is 0 Å². The van der Waals surface area contributed by atoms with Crippen molar-refractivity contribution in [1.29, 1.82) is 0 Å². The van der Waals surface area contributed by atoms with Gasteiger partial charge in [0.2, 0.25) is 5.91 Å². The van der Waals surface area contributed by atoms with Gasteiger partial charge in [-0.1, -0.05) is 18.6 Å². The van der Waals surface area contributed by atoms with Crippen molar-refractivity contribution in [3.8, 4) is 0 Å². The van der Waals surface area contributed by atoms with E-state index in [2.05, 4.69) is 22.3 Å². The second kappa shape index (κ2) is 5.53. The molecule has 0 aromatic heterocycles. The molecule has 1 aromatic rings. The Labute approximate surface area is 109 Å². The summed E-state index contributed by atoms with van der Waals surface area (Å²) in [5, 5.41) is 3.07. The summed E-state index contributed by atoms with van der Waals surface area (Å²) in [7, 11) is 2.03. The van der Waals surface area contributed by atoms with E-state index in [1.807, 2.05) is 27.0 Å². The van der Waals surface area contributed by atoms with Crippen molar-refractivity contribution < 1.29 is 4.79 Å². The summed E-state index contributed by atoms with van der Waals surface area (Å²) >= 11 is 0. The number of likely N-dealkylation sites (N-methyl/N-ethyl adjacent to an activating group) is 1. The number of anilines is 1. The van der Waals surface area contributed by atoms with Crippen LogP contribution in [0.25, 0.3) is 0 Å². The molecule has 1 fully saturated rings. The molecule has 1 amide bonds. The highest BCUT2D eigenvalue weighted by Crippen LogP contribution is 2.20. The highest BCUT2D eigenvalue weighted by Gasteiger charge is 2.25. The monoisotopic (exact) mass is 246 g/mol. The molecular formula is C15H22N2O. The first-order valence-corrected chi connectivity index (χ1v) is 6.66. The Kier molecular flexibility index (Phi) is 4.02. The highest BCUT2D eigenvalue weighted by atomic mass is 16.2. The molecule has 3 heteroatoms. The van der Waals surface area contributed by atoms with Gasteiger partial charge in [-0.2, -0.15) is 0 Å². The van der Waals surface area contributed by atoms with Gasteiger partial charge in [-0.25, -0.2) is 0 Å². The third-order valence-corrected chi connectivity index (χ3v) is 3.72. The van der Waals surface area contributed by atoms with Gasteiger partial charge in [0.25, 0.3) is 0 Å². The van der Waals surface area contributed by atoms with Crippen molar-refractivity contribution in [2.75, 3.05) is 18.9 Å². The molecule has 1 aliphatic rings. The minimum Gasteiger partial charge on any atom is -0.324 e. The summed E-state index contributed by atoms with van der Waals surface area (Å²) in [4.78, 5) is 14.4. The highest BCUT2D eigenvalue weighted by molar-refractivity contribution is 5.95. The first kappa shape index (κ1) is 13.1. The summed E-state index contributed by atoms with van der Waals surface area (Å²) in [6.07, 6.45) is 3.31. The molecule has 0 radical (unpaired) electrons. The normalized spacial score (nSPS) is 20.7. The first-order chi connectivity index (χ1) is 8.58. The zero-order valence-electron chi connectivity index (χ0n) is 11.5. The number of nitrogens with zero attached hydrogens (tertiary/aromatic N) is 1. The molecule has 1 aromatic carbocycles. The molecule has 1 aliphatic heterocycles. The van der Waals surface area contributed by atoms with Crippen molar-refractivity contribution in [2.45, 2.75) is 39.2 Å². The zero-order chi connectivity index (χ0) is 13.1. The van der Waals surface area contributed by atoms with Gasteiger partial charge in [0, 0.05) is 5.69 Å². The van der Waals surface area contributed by atoms with Gasteiger partial charge in [-0.15, -0.1) is 0 Å². The lowest BCUT2D eigenvalue weighted by molar-refractivity contribution is -0.121. The number of hydrogen-bond acceptors (Lipinski definition) is 2. The van der Waals surface area contributed by atoms with Crippen LogP contribution in [-0.4, -0.2) is 30.4 Å². The molecule has 98 valence electrons. The van der Waals surface area contributed by atoms with E-state index in [4.69, 9.17) is 0 Å². The van der Waals surface area contributed by atoms with E-state index in [9.17, 15) is 4.79 Å². The maximum absolute atomic E-state index is 12.3. The summed E-state index contributed by atoms with van der Waals surface area (Å²) in [6.45, 7) is 5.09. The van der Waals surface area contributed by atoms with E-state index in [1.54, 1.807) is 0 Å². The van der Waals surface area contributed by atoms with Crippen LogP contribution in [0.1, 0.15) is 30.4 Å². The predicted molar refractivity (Wildman–Crippen MR) is 74.8 cm³/mol. The first-order valence-electron chi connectivity index (χ1n) is 6.66. The topological polar surface area (TPSA) is 32.3 Å². The summed E-state index contributed by atoms with van der Waals surface area (Å²) in [6, 6.07) is 6.18. The van der Waals surface area contributed by atoms with Gasteiger partial charge in [0.15, 0.2) is 0 Å². The number of hydrogen-bond donors (Lipinski definition) is 1. The number of rotatable bonds is 2. The van der Waals surface area contributed by atoms with Crippen LogP contribution in [0.5, 0.6) is 0 Å². The number of nitrogens with one attached hydrogen (secondary N) is 1. The van der Waals surface area contributed by atoms with Crippen LogP contribution in [0.3, 0.4) is 0 Å². The second-order valence-corrected chi connectivity index (χ2v) is 5.30. The summed E-state index contributed by atoms with van der Waals surface area (Å²) in [5.41, 5.74) is 3.24. The number of benzene rings is 1. The van der Waals surface area contributed by atoms with Crippen molar-refractivity contribution in [3.05, 3.63) is 29.3 Å². The fourth-order valence-electron chi connectivity index (χ4n) is 2.49. The lowest BCUT2D eigenvalue weighted by Gasteiger charge is -2.31. The Morgan fingerprint density at radius 3 is 2.83 bits per heavy atom. The Morgan fingerprint density at radius 1 is 1.33 bits per heavy atom. The molecule has 0 saturated carbocycles. The molecular weight excluding hydrogens is 224 g/mol. The Morgan fingerprint density at radius 2 is 2.11 bits per heavy atom. The largest absolute Gasteiger partial charge is 0.324 e. The lowest BCUT2D eigenvalue weighted by Crippen LogP contribution is -2.44. The van der Waals surface area contributed by atoms with Crippen LogP contribution < -0.4 is 5.32 Å². The lowest BCUT2D eigenvalue weighted by atomic mass is 10.0. The molecule has 1 heterocycles. The van der Waals surface area contributed by atoms with Crippen LogP contribution >= 0.6 is 0 Å². The third-order valence-electron chi connectivity index (χ3n) is 3.72. The van der Waals surface area contributed by atoms with Crippen molar-refractivity contribution in [2.24, 2.45) is 0 Å². The zero-order valence-corrected chi connectivity index (χ0v) is 11.5. The maximum Gasteiger partial charge on any atom is 0.241 e. The number of carbonyl (C=O) groups excluding carboxylic acids is 1. The molecule has 1 N–H and O–H groups in total. The van der Waals surface area contributed by atoms with Crippen LogP contribution in [0.2, 0.25) is 0 Å². The molecule has 18 heavy (non-hydrogen) atoms. The third kappa shape index (κ3) is 2.91. The molecule has 3 nitrogen and oxygen atoms in total. The van der Waals surface area contributed by atoms with Gasteiger partial charge in [-0.3, -0.25) is 9.69 Å². The Hall–Kier alpha value is -1.35. The van der Waals surface area contributed by atoms with E-state index in [-0.39, 0.29) is 11.9 Å². The average Bonchev–Trinajstić information content (AvgIpc) is 2.34. The van der Waals surface area contributed by atoms with Gasteiger partial charge in [0.05, 0.1) is 6.04 Å². The van der Waals surface area contributed by atoms with E-state index in [0.29, 0.717) is 0 Å². The van der Waals surface area contributed by atoms with Crippen LogP contribution in [-0.2, 0) is 4.79 Å². The van der Waals surface area contributed by atoms with Crippen molar-refractivity contribution in [3.63, 3.8) is 0 Å². The van der Waals surface area contributed by atoms with E-state index in [0.717, 1.165) is 30.6 Å². The molecule has 2 rings (SSSR count). The minimum atomic E-state index is 0.0265. The average molecular weight is 246 g/mol. The molecule has 0 spiro atoms. The summed E-state index contributed by atoms with van der Waals surface area (Å²) < 4.78 is 0. The minimum absolute atomic E-state index is 0.0265. The van der Waals surface area contributed by atoms with Gasteiger partial charge in [0.1, 0.15) is 0 Å². The predicted octanol–water partition coefficient (Wildman–Crippen LogP) is 2.73. The fourth-order valence-corrected chi connectivity index (χ4v) is 2.49. The van der Waals surface area contributed by atoms with Gasteiger partial charge < -0.3 is 5.32 Å². The van der Waals surface area contributed by atoms with Gasteiger partial charge in [-0.05, 0) is 57.5 Å². The van der Waals surface area contributed by atoms with Crippen LogP contribution in [0.15, 0.2) is 18.2 Å². The van der Waals surface area contributed by atoms with Crippen LogP contribution in [0.4, 0.5) is 5.69 Å². The summed E-state index contributed by atoms with van der Waals surface area (Å²) in [5.74, 6) is 0.130. The molecule has 1 unspecified atom stereocenters. The van der Waals surface area contributed by atoms with E-state index < -0.39 is 0 Å². The molecule has 0 aliphatic carbocycles. The Balaban J connectivity index is 2.08. The quantitative estimate of drug-likeness (QED) is 0.870. The molecule has 0 bridgehead atoms. The standard InChI is InChI=1S/C15H22N2O/c1-11-7-8-12(2)13(10-11)16-15(18)14-6-4-5-9-17(14)3/h7-8,10,14H,4-6,9H2,1-3H3,(H,16,18). The number of piperidine rings is 1. The van der Waals surface area contributed by atoms with Crippen molar-refractivity contribution >= 4 is 11.6 Å². The maximum atomic E-state index is 12.3. The SMILES string of the molecule is Cc1ccc(C)c(NC(=O)C2CCCCN2C)c1. The van der Waals surface area contributed by atoms with Crippen molar-refractivity contribution in [1.82, 2.24) is 4.90 Å². The number of amides is 1. The Bertz CT molecular complexity index is 442. The smallest absolute Gasteiger partial charge is 0.241 e. The van der Waals surface area contributed by atoms with Gasteiger partial charge >= 0.3 is 0 Å². The number of likely N-dealkylation sites (tertiary alicyclic amines) is 1. The van der Waals surface area contributed by atoms with E-state index in [1.165, 1.54) is 12.0 Å². The molecule has 1 atom stereocenters. The second-order valence-electron chi connectivity index (χ2n) is 5.30.